The molecule has 1 N–H and O–H groups in total. The zero-order chi connectivity index (χ0) is 17.2. The van der Waals surface area contributed by atoms with Gasteiger partial charge in [0.15, 0.2) is 0 Å². The third-order valence-corrected chi connectivity index (χ3v) is 5.30. The first-order valence-corrected chi connectivity index (χ1v) is 8.79. The summed E-state index contributed by atoms with van der Waals surface area (Å²) in [4.78, 5) is 2.06. The molecule has 0 amide bonds. The Hall–Kier alpha value is -1.14. The lowest BCUT2D eigenvalue weighted by Gasteiger charge is -2.42. The second-order valence-corrected chi connectivity index (χ2v) is 6.83. The Morgan fingerprint density at radius 2 is 1.71 bits per heavy atom. The predicted molar refractivity (Wildman–Crippen MR) is 85.2 cm³/mol. The molecule has 2 fully saturated rings. The summed E-state index contributed by atoms with van der Waals surface area (Å²) in [5, 5.41) is 3.23. The van der Waals surface area contributed by atoms with Crippen LogP contribution in [0, 0.1) is 11.7 Å². The van der Waals surface area contributed by atoms with Crippen molar-refractivity contribution in [3.05, 3.63) is 35.1 Å². The van der Waals surface area contributed by atoms with Crippen LogP contribution in [0.3, 0.4) is 0 Å². The van der Waals surface area contributed by atoms with Gasteiger partial charge in [-0.1, -0.05) is 25.3 Å². The van der Waals surface area contributed by atoms with Crippen LogP contribution in [0.2, 0.25) is 0 Å². The Labute approximate surface area is 140 Å². The van der Waals surface area contributed by atoms with Crippen LogP contribution in [0.4, 0.5) is 17.6 Å². The number of piperazine rings is 1. The quantitative estimate of drug-likeness (QED) is 0.819. The molecule has 1 aromatic rings. The summed E-state index contributed by atoms with van der Waals surface area (Å²) in [5.41, 5.74) is -0.949. The van der Waals surface area contributed by atoms with E-state index in [2.05, 4.69) is 10.2 Å². The fraction of sp³-hybridized carbons (Fsp3) is 0.667. The molecule has 2 nitrogen and oxygen atoms in total. The summed E-state index contributed by atoms with van der Waals surface area (Å²) in [5.74, 6) is -0.631. The minimum Gasteiger partial charge on any atom is -0.314 e. The molecule has 1 aliphatic carbocycles. The molecule has 3 rings (SSSR count). The number of halogens is 4. The maximum absolute atomic E-state index is 14.6. The van der Waals surface area contributed by atoms with Gasteiger partial charge in [0.25, 0.3) is 0 Å². The van der Waals surface area contributed by atoms with E-state index in [9.17, 15) is 17.6 Å². The summed E-state index contributed by atoms with van der Waals surface area (Å²) in [6.45, 7) is 2.79. The SMILES string of the molecule is Fc1cccc(C(F)(F)F)c1[C@@H](C1CCCCC1)N1CCNCC1. The first kappa shape index (κ1) is 17.7. The summed E-state index contributed by atoms with van der Waals surface area (Å²) in [6.07, 6.45) is 0.374. The van der Waals surface area contributed by atoms with Crippen LogP contribution in [0.15, 0.2) is 18.2 Å². The van der Waals surface area contributed by atoms with Gasteiger partial charge in [-0.05, 0) is 30.9 Å². The van der Waals surface area contributed by atoms with Crippen molar-refractivity contribution in [3.63, 3.8) is 0 Å². The van der Waals surface area contributed by atoms with Crippen molar-refractivity contribution in [2.45, 2.75) is 44.3 Å². The lowest BCUT2D eigenvalue weighted by atomic mass is 9.78. The molecule has 0 bridgehead atoms. The van der Waals surface area contributed by atoms with Gasteiger partial charge in [-0.2, -0.15) is 13.2 Å². The van der Waals surface area contributed by atoms with Crippen LogP contribution in [-0.2, 0) is 6.18 Å². The van der Waals surface area contributed by atoms with Crippen LogP contribution >= 0.6 is 0 Å². The van der Waals surface area contributed by atoms with Gasteiger partial charge in [-0.25, -0.2) is 4.39 Å². The molecule has 1 aromatic carbocycles. The number of hydrogen-bond donors (Lipinski definition) is 1. The van der Waals surface area contributed by atoms with Gasteiger partial charge < -0.3 is 5.32 Å². The lowest BCUT2D eigenvalue weighted by Crippen LogP contribution is -2.47. The van der Waals surface area contributed by atoms with Gasteiger partial charge in [0.1, 0.15) is 5.82 Å². The number of nitrogens with zero attached hydrogens (tertiary/aromatic N) is 1. The van der Waals surface area contributed by atoms with E-state index >= 15 is 0 Å². The van der Waals surface area contributed by atoms with Gasteiger partial charge in [0, 0.05) is 37.8 Å². The standard InChI is InChI=1S/C18H24F4N2/c19-15-8-4-7-14(18(20,21)22)16(15)17(13-5-2-1-3-6-13)24-11-9-23-10-12-24/h4,7-8,13,17,23H,1-3,5-6,9-12H2/t17-/m1/s1. The average Bonchev–Trinajstić information content (AvgIpc) is 2.57. The Balaban J connectivity index is 2.04. The molecule has 0 unspecified atom stereocenters. The summed E-state index contributed by atoms with van der Waals surface area (Å²) in [7, 11) is 0. The van der Waals surface area contributed by atoms with E-state index in [-0.39, 0.29) is 11.5 Å². The molecule has 1 saturated carbocycles. The Bertz CT molecular complexity index is 528. The highest BCUT2D eigenvalue weighted by atomic mass is 19.4. The van der Waals surface area contributed by atoms with Crippen molar-refractivity contribution in [1.82, 2.24) is 10.2 Å². The minimum atomic E-state index is -4.53. The summed E-state index contributed by atoms with van der Waals surface area (Å²) < 4.78 is 55.2. The number of benzene rings is 1. The van der Waals surface area contributed by atoms with Crippen LogP contribution in [0.25, 0.3) is 0 Å². The molecule has 1 atom stereocenters. The Morgan fingerprint density at radius 3 is 2.33 bits per heavy atom. The van der Waals surface area contributed by atoms with Crippen molar-refractivity contribution in [3.8, 4) is 0 Å². The number of nitrogens with one attached hydrogen (secondary N) is 1. The largest absolute Gasteiger partial charge is 0.416 e. The van der Waals surface area contributed by atoms with Crippen LogP contribution < -0.4 is 5.32 Å². The molecule has 1 aliphatic heterocycles. The Morgan fingerprint density at radius 1 is 1.04 bits per heavy atom. The predicted octanol–water partition coefficient (Wildman–Crippen LogP) is 4.37. The highest BCUT2D eigenvalue weighted by Gasteiger charge is 2.41. The molecule has 2 aliphatic rings. The van der Waals surface area contributed by atoms with Crippen LogP contribution in [0.1, 0.15) is 49.3 Å². The molecular weight excluding hydrogens is 320 g/mol. The minimum absolute atomic E-state index is 0.0925. The molecule has 1 saturated heterocycles. The van der Waals surface area contributed by atoms with Gasteiger partial charge in [0.2, 0.25) is 0 Å². The Kier molecular flexibility index (Phi) is 5.45. The molecule has 0 spiro atoms. The average molecular weight is 344 g/mol. The molecule has 0 aromatic heterocycles. The van der Waals surface area contributed by atoms with E-state index in [0.717, 1.165) is 57.3 Å². The van der Waals surface area contributed by atoms with E-state index in [1.165, 1.54) is 6.07 Å². The molecular formula is C18H24F4N2. The van der Waals surface area contributed by atoms with Gasteiger partial charge in [-0.3, -0.25) is 4.90 Å². The van der Waals surface area contributed by atoms with Gasteiger partial charge >= 0.3 is 6.18 Å². The zero-order valence-corrected chi connectivity index (χ0v) is 13.7. The van der Waals surface area contributed by atoms with E-state index in [0.29, 0.717) is 13.1 Å². The van der Waals surface area contributed by atoms with Crippen LogP contribution in [-0.4, -0.2) is 31.1 Å². The smallest absolute Gasteiger partial charge is 0.314 e. The molecule has 24 heavy (non-hydrogen) atoms. The number of hydrogen-bond acceptors (Lipinski definition) is 2. The van der Waals surface area contributed by atoms with Crippen LogP contribution in [0.5, 0.6) is 0 Å². The fourth-order valence-corrected chi connectivity index (χ4v) is 4.21. The molecule has 6 heteroatoms. The van der Waals surface area contributed by atoms with Crippen molar-refractivity contribution < 1.29 is 17.6 Å². The third kappa shape index (κ3) is 3.75. The zero-order valence-electron chi connectivity index (χ0n) is 13.7. The van der Waals surface area contributed by atoms with Crippen molar-refractivity contribution in [1.29, 1.82) is 0 Å². The van der Waals surface area contributed by atoms with Crippen molar-refractivity contribution >= 4 is 0 Å². The highest BCUT2D eigenvalue weighted by Crippen LogP contribution is 2.44. The third-order valence-electron chi connectivity index (χ3n) is 5.30. The topological polar surface area (TPSA) is 15.3 Å². The first-order valence-electron chi connectivity index (χ1n) is 8.79. The molecule has 134 valence electrons. The number of alkyl halides is 3. The summed E-state index contributed by atoms with van der Waals surface area (Å²) >= 11 is 0. The maximum atomic E-state index is 14.6. The maximum Gasteiger partial charge on any atom is 0.416 e. The van der Waals surface area contributed by atoms with E-state index < -0.39 is 23.6 Å². The number of rotatable bonds is 3. The van der Waals surface area contributed by atoms with E-state index in [1.807, 2.05) is 0 Å². The normalized spacial score (nSPS) is 22.5. The molecule has 1 heterocycles. The van der Waals surface area contributed by atoms with Gasteiger partial charge in [-0.15, -0.1) is 0 Å². The second kappa shape index (κ2) is 7.40. The second-order valence-electron chi connectivity index (χ2n) is 6.83. The summed E-state index contributed by atoms with van der Waals surface area (Å²) in [6, 6.07) is 2.88. The highest BCUT2D eigenvalue weighted by molar-refractivity contribution is 5.34. The molecule has 0 radical (unpaired) electrons. The fourth-order valence-electron chi connectivity index (χ4n) is 4.21. The van der Waals surface area contributed by atoms with E-state index in [1.54, 1.807) is 0 Å². The van der Waals surface area contributed by atoms with Crippen molar-refractivity contribution in [2.75, 3.05) is 26.2 Å². The monoisotopic (exact) mass is 344 g/mol. The van der Waals surface area contributed by atoms with Gasteiger partial charge in [0.05, 0.1) is 5.56 Å². The van der Waals surface area contributed by atoms with Crippen molar-refractivity contribution in [2.24, 2.45) is 5.92 Å². The van der Waals surface area contributed by atoms with E-state index in [4.69, 9.17) is 0 Å². The first-order chi connectivity index (χ1) is 11.5. The lowest BCUT2D eigenvalue weighted by molar-refractivity contribution is -0.139.